The highest BCUT2D eigenvalue weighted by molar-refractivity contribution is 5.94. The molecule has 0 aromatic heterocycles. The second kappa shape index (κ2) is 6.77. The molecule has 0 unspecified atom stereocenters. The largest absolute Gasteiger partial charge is 0.463 e. The molecule has 0 saturated carbocycles. The van der Waals surface area contributed by atoms with E-state index in [1.165, 1.54) is 6.92 Å². The first-order valence-corrected chi connectivity index (χ1v) is 6.10. The Balaban J connectivity index is 3.03. The van der Waals surface area contributed by atoms with Crippen molar-refractivity contribution in [1.29, 1.82) is 0 Å². The molecule has 2 N–H and O–H groups in total. The van der Waals surface area contributed by atoms with Crippen LogP contribution in [0.1, 0.15) is 27.2 Å². The summed E-state index contributed by atoms with van der Waals surface area (Å²) in [5, 5.41) is 5.10. The molecule has 0 fully saturated rings. The molecule has 7 nitrogen and oxygen atoms in total. The van der Waals surface area contributed by atoms with Gasteiger partial charge in [-0.1, -0.05) is 6.92 Å². The third-order valence-electron chi connectivity index (χ3n) is 2.57. The number of hydrogen-bond acceptors (Lipinski definition) is 5. The molecule has 106 valence electrons. The van der Waals surface area contributed by atoms with Crippen molar-refractivity contribution in [3.8, 4) is 0 Å². The van der Waals surface area contributed by atoms with Gasteiger partial charge in [-0.15, -0.1) is 0 Å². The number of nitrogens with one attached hydrogen (secondary N) is 2. The molecule has 0 aromatic carbocycles. The fraction of sp³-hybridized carbons (Fsp3) is 0.583. The van der Waals surface area contributed by atoms with Gasteiger partial charge in [0.2, 0.25) is 0 Å². The molecule has 1 aliphatic rings. The molecule has 1 heterocycles. The van der Waals surface area contributed by atoms with E-state index < -0.39 is 24.0 Å². The number of ether oxygens (including phenoxy) is 2. The molecule has 2 amide bonds. The lowest BCUT2D eigenvalue weighted by molar-refractivity contribution is -0.141. The van der Waals surface area contributed by atoms with E-state index in [-0.39, 0.29) is 18.9 Å². The van der Waals surface area contributed by atoms with Gasteiger partial charge in [0.15, 0.2) is 0 Å². The highest BCUT2D eigenvalue weighted by atomic mass is 16.5. The van der Waals surface area contributed by atoms with Crippen LogP contribution in [0.4, 0.5) is 4.79 Å². The number of carbonyl (C=O) groups is 3. The quantitative estimate of drug-likeness (QED) is 0.708. The highest BCUT2D eigenvalue weighted by Crippen LogP contribution is 2.17. The maximum atomic E-state index is 11.9. The summed E-state index contributed by atoms with van der Waals surface area (Å²) in [6.07, 6.45) is 0.533. The average molecular weight is 270 g/mol. The average Bonchev–Trinajstić information content (AvgIpc) is 2.35. The van der Waals surface area contributed by atoms with E-state index in [1.54, 1.807) is 6.92 Å². The Morgan fingerprint density at radius 3 is 2.47 bits per heavy atom. The van der Waals surface area contributed by atoms with Crippen LogP contribution in [0.15, 0.2) is 11.3 Å². The van der Waals surface area contributed by atoms with Crippen molar-refractivity contribution in [3.05, 3.63) is 11.3 Å². The maximum absolute atomic E-state index is 11.9. The van der Waals surface area contributed by atoms with Gasteiger partial charge in [-0.3, -0.25) is 4.79 Å². The standard InChI is InChI=1S/C12H18N2O5/c1-4-8-10(11(16)18-5-2)9(6-19-7(3)15)14-12(17)13-8/h8H,4-6H2,1-3H3,(H2,13,14,17)/t8-/m0/s1. The van der Waals surface area contributed by atoms with Gasteiger partial charge >= 0.3 is 18.0 Å². The number of urea groups is 1. The Kier molecular flexibility index (Phi) is 5.35. The number of esters is 2. The van der Waals surface area contributed by atoms with E-state index in [9.17, 15) is 14.4 Å². The Labute approximate surface area is 111 Å². The lowest BCUT2D eigenvalue weighted by Crippen LogP contribution is -2.51. The zero-order chi connectivity index (χ0) is 14.4. The van der Waals surface area contributed by atoms with Gasteiger partial charge in [0.05, 0.1) is 23.9 Å². The summed E-state index contributed by atoms with van der Waals surface area (Å²) in [6.45, 7) is 4.85. The van der Waals surface area contributed by atoms with Crippen LogP contribution in [0.2, 0.25) is 0 Å². The van der Waals surface area contributed by atoms with Crippen molar-refractivity contribution in [2.24, 2.45) is 0 Å². The number of hydrogen-bond donors (Lipinski definition) is 2. The zero-order valence-corrected chi connectivity index (χ0v) is 11.2. The van der Waals surface area contributed by atoms with E-state index in [4.69, 9.17) is 9.47 Å². The molecule has 1 aliphatic heterocycles. The molecular weight excluding hydrogens is 252 g/mol. The normalized spacial score (nSPS) is 18.5. The van der Waals surface area contributed by atoms with Crippen LogP contribution < -0.4 is 10.6 Å². The number of carbonyl (C=O) groups excluding carboxylic acids is 3. The predicted octanol–water partition coefficient (Wildman–Crippen LogP) is 0.458. The monoisotopic (exact) mass is 270 g/mol. The molecule has 19 heavy (non-hydrogen) atoms. The van der Waals surface area contributed by atoms with Crippen molar-refractivity contribution < 1.29 is 23.9 Å². The Bertz CT molecular complexity index is 416. The summed E-state index contributed by atoms with van der Waals surface area (Å²) < 4.78 is 9.79. The minimum atomic E-state index is -0.524. The summed E-state index contributed by atoms with van der Waals surface area (Å²) in [5.41, 5.74) is 0.564. The van der Waals surface area contributed by atoms with Gasteiger partial charge in [-0.2, -0.15) is 0 Å². The molecule has 1 rings (SSSR count). The van der Waals surface area contributed by atoms with Gasteiger partial charge in [-0.25, -0.2) is 9.59 Å². The van der Waals surface area contributed by atoms with Crippen LogP contribution in [0.5, 0.6) is 0 Å². The lowest BCUT2D eigenvalue weighted by Gasteiger charge is -2.27. The van der Waals surface area contributed by atoms with Crippen LogP contribution >= 0.6 is 0 Å². The van der Waals surface area contributed by atoms with Gasteiger partial charge in [-0.05, 0) is 13.3 Å². The fourth-order valence-electron chi connectivity index (χ4n) is 1.75. The Morgan fingerprint density at radius 2 is 1.95 bits per heavy atom. The highest BCUT2D eigenvalue weighted by Gasteiger charge is 2.31. The van der Waals surface area contributed by atoms with E-state index in [1.807, 2.05) is 6.92 Å². The van der Waals surface area contributed by atoms with Crippen LogP contribution in [-0.2, 0) is 19.1 Å². The van der Waals surface area contributed by atoms with Gasteiger partial charge in [0.25, 0.3) is 0 Å². The molecule has 0 bridgehead atoms. The minimum absolute atomic E-state index is 0.159. The SMILES string of the molecule is CCOC(=O)C1=C(COC(C)=O)NC(=O)N[C@H]1CC. The first kappa shape index (κ1) is 15.0. The van der Waals surface area contributed by atoms with Gasteiger partial charge < -0.3 is 20.1 Å². The van der Waals surface area contributed by atoms with Gasteiger partial charge in [0.1, 0.15) is 6.61 Å². The van der Waals surface area contributed by atoms with Crippen LogP contribution in [0, 0.1) is 0 Å². The molecule has 1 atom stereocenters. The molecular formula is C12H18N2O5. The second-order valence-electron chi connectivity index (χ2n) is 3.95. The first-order valence-electron chi connectivity index (χ1n) is 6.10. The summed E-state index contributed by atoms with van der Waals surface area (Å²) in [7, 11) is 0. The van der Waals surface area contributed by atoms with E-state index in [2.05, 4.69) is 10.6 Å². The molecule has 0 saturated heterocycles. The van der Waals surface area contributed by atoms with Crippen molar-refractivity contribution in [1.82, 2.24) is 10.6 Å². The summed E-state index contributed by atoms with van der Waals surface area (Å²) in [6, 6.07) is -0.875. The summed E-state index contributed by atoms with van der Waals surface area (Å²) >= 11 is 0. The third-order valence-corrected chi connectivity index (χ3v) is 2.57. The van der Waals surface area contributed by atoms with E-state index >= 15 is 0 Å². The Hall–Kier alpha value is -2.05. The zero-order valence-electron chi connectivity index (χ0n) is 11.2. The van der Waals surface area contributed by atoms with Crippen molar-refractivity contribution in [2.75, 3.05) is 13.2 Å². The molecule has 0 spiro atoms. The summed E-state index contributed by atoms with van der Waals surface area (Å²) in [5.74, 6) is -1.01. The fourth-order valence-corrected chi connectivity index (χ4v) is 1.75. The van der Waals surface area contributed by atoms with Crippen LogP contribution in [-0.4, -0.2) is 37.2 Å². The molecule has 0 radical (unpaired) electrons. The Morgan fingerprint density at radius 1 is 1.26 bits per heavy atom. The topological polar surface area (TPSA) is 93.7 Å². The van der Waals surface area contributed by atoms with Crippen molar-refractivity contribution in [3.63, 3.8) is 0 Å². The lowest BCUT2D eigenvalue weighted by atomic mass is 10.0. The summed E-state index contributed by atoms with van der Waals surface area (Å²) in [4.78, 5) is 34.2. The second-order valence-corrected chi connectivity index (χ2v) is 3.95. The maximum Gasteiger partial charge on any atom is 0.338 e. The van der Waals surface area contributed by atoms with E-state index in [0.717, 1.165) is 0 Å². The van der Waals surface area contributed by atoms with Crippen molar-refractivity contribution >= 4 is 18.0 Å². The smallest absolute Gasteiger partial charge is 0.338 e. The van der Waals surface area contributed by atoms with Crippen LogP contribution in [0.25, 0.3) is 0 Å². The van der Waals surface area contributed by atoms with Crippen molar-refractivity contribution in [2.45, 2.75) is 33.2 Å². The number of amides is 2. The molecule has 7 heteroatoms. The predicted molar refractivity (Wildman–Crippen MR) is 66.0 cm³/mol. The third kappa shape index (κ3) is 3.97. The first-order chi connectivity index (χ1) is 8.99. The van der Waals surface area contributed by atoms with Crippen LogP contribution in [0.3, 0.4) is 0 Å². The van der Waals surface area contributed by atoms with Gasteiger partial charge in [0, 0.05) is 6.92 Å². The number of rotatable bonds is 5. The molecule has 0 aromatic rings. The minimum Gasteiger partial charge on any atom is -0.463 e. The molecule has 0 aliphatic carbocycles. The van der Waals surface area contributed by atoms with E-state index in [0.29, 0.717) is 12.0 Å².